The van der Waals surface area contributed by atoms with Crippen LogP contribution < -0.4 is 11.1 Å². The van der Waals surface area contributed by atoms with Crippen LogP contribution in [0.1, 0.15) is 15.9 Å². The Morgan fingerprint density at radius 1 is 1.00 bits per heavy atom. The number of amides is 1. The number of carbonyl (C=O) groups excluding carboxylic acids is 1. The van der Waals surface area contributed by atoms with Crippen molar-refractivity contribution >= 4 is 38.7 Å². The summed E-state index contributed by atoms with van der Waals surface area (Å²) in [7, 11) is 0. The number of nitrogen functional groups attached to an aromatic ring is 1. The van der Waals surface area contributed by atoms with Gasteiger partial charge in [0.25, 0.3) is 11.6 Å². The Morgan fingerprint density at radius 2 is 1.76 bits per heavy atom. The third kappa shape index (κ3) is 3.95. The van der Waals surface area contributed by atoms with Crippen molar-refractivity contribution < 1.29 is 9.72 Å². The molecule has 1 heterocycles. The Kier molecular flexibility index (Phi) is 4.97. The van der Waals surface area contributed by atoms with Crippen molar-refractivity contribution in [2.75, 3.05) is 5.73 Å². The van der Waals surface area contributed by atoms with Gasteiger partial charge in [-0.1, -0.05) is 36.4 Å². The number of carbonyl (C=O) groups is 1. The number of thiophene rings is 1. The van der Waals surface area contributed by atoms with Crippen LogP contribution >= 0.6 is 11.3 Å². The molecule has 1 aromatic heterocycles. The van der Waals surface area contributed by atoms with Gasteiger partial charge in [0.15, 0.2) is 0 Å². The van der Waals surface area contributed by atoms with E-state index in [-0.39, 0.29) is 16.9 Å². The Bertz CT molecular complexity index is 1220. The zero-order valence-electron chi connectivity index (χ0n) is 15.3. The molecule has 0 spiro atoms. The molecule has 0 aliphatic rings. The van der Waals surface area contributed by atoms with Gasteiger partial charge in [-0.2, -0.15) is 0 Å². The minimum Gasteiger partial charge on any atom is -0.398 e. The average Bonchev–Trinajstić information content (AvgIpc) is 3.20. The second kappa shape index (κ2) is 7.73. The van der Waals surface area contributed by atoms with Gasteiger partial charge in [0.1, 0.15) is 0 Å². The molecule has 144 valence electrons. The minimum absolute atomic E-state index is 0.0973. The van der Waals surface area contributed by atoms with E-state index in [2.05, 4.69) is 35.0 Å². The van der Waals surface area contributed by atoms with Crippen molar-refractivity contribution in [2.24, 2.45) is 0 Å². The number of nitro groups is 1. The Labute approximate surface area is 170 Å². The smallest absolute Gasteiger partial charge is 0.270 e. The second-order valence-corrected chi connectivity index (χ2v) is 7.53. The fourth-order valence-electron chi connectivity index (χ4n) is 3.08. The maximum Gasteiger partial charge on any atom is 0.270 e. The predicted molar refractivity (Wildman–Crippen MR) is 116 cm³/mol. The van der Waals surface area contributed by atoms with Gasteiger partial charge in [-0.05, 0) is 45.7 Å². The lowest BCUT2D eigenvalue weighted by molar-refractivity contribution is -0.384. The van der Waals surface area contributed by atoms with Crippen LogP contribution in [0.4, 0.5) is 11.4 Å². The minimum atomic E-state index is -0.553. The summed E-state index contributed by atoms with van der Waals surface area (Å²) in [6, 6.07) is 20.2. The number of nitrogens with two attached hydrogens (primary N) is 1. The lowest BCUT2D eigenvalue weighted by atomic mass is 10.0. The molecule has 0 unspecified atom stereocenters. The number of non-ortho nitro benzene ring substituents is 1. The summed E-state index contributed by atoms with van der Waals surface area (Å²) in [6.45, 7) is 0.297. The molecular weight excluding hydrogens is 386 g/mol. The summed E-state index contributed by atoms with van der Waals surface area (Å²) in [6.07, 6.45) is 0. The topological polar surface area (TPSA) is 98.3 Å². The van der Waals surface area contributed by atoms with E-state index in [1.807, 2.05) is 24.3 Å². The Hall–Kier alpha value is -3.71. The van der Waals surface area contributed by atoms with E-state index in [1.165, 1.54) is 28.3 Å². The standard InChI is InChI=1S/C22H17N3O3S/c23-20-8-7-18(25(27)28)12-19(20)22(26)24-13-14-1-3-15(4-2-14)17-6-5-16-9-10-29-21(16)11-17/h1-12H,13,23H2,(H,24,26). The number of nitrogens with one attached hydrogen (secondary N) is 1. The summed E-state index contributed by atoms with van der Waals surface area (Å²) in [5.74, 6) is -0.446. The van der Waals surface area contributed by atoms with Crippen LogP contribution in [0.2, 0.25) is 0 Å². The molecule has 29 heavy (non-hydrogen) atoms. The molecule has 0 radical (unpaired) electrons. The van der Waals surface area contributed by atoms with Crippen molar-refractivity contribution in [1.29, 1.82) is 0 Å². The number of anilines is 1. The van der Waals surface area contributed by atoms with Crippen LogP contribution in [0.3, 0.4) is 0 Å². The maximum atomic E-state index is 12.4. The third-order valence-corrected chi connectivity index (χ3v) is 5.57. The molecule has 4 rings (SSSR count). The van der Waals surface area contributed by atoms with E-state index in [4.69, 9.17) is 5.73 Å². The van der Waals surface area contributed by atoms with Crippen molar-refractivity contribution in [3.8, 4) is 11.1 Å². The zero-order chi connectivity index (χ0) is 20.4. The molecule has 0 saturated carbocycles. The van der Waals surface area contributed by atoms with E-state index < -0.39 is 10.8 Å². The SMILES string of the molecule is Nc1ccc([N+](=O)[O-])cc1C(=O)NCc1ccc(-c2ccc3ccsc3c2)cc1. The van der Waals surface area contributed by atoms with Crippen LogP contribution in [0.15, 0.2) is 72.1 Å². The Balaban J connectivity index is 1.46. The first kappa shape index (κ1) is 18.6. The highest BCUT2D eigenvalue weighted by Gasteiger charge is 2.15. The largest absolute Gasteiger partial charge is 0.398 e. The molecule has 3 aromatic carbocycles. The highest BCUT2D eigenvalue weighted by Crippen LogP contribution is 2.28. The fourth-order valence-corrected chi connectivity index (χ4v) is 3.91. The van der Waals surface area contributed by atoms with Crippen LogP contribution in [0.5, 0.6) is 0 Å². The highest BCUT2D eigenvalue weighted by atomic mass is 32.1. The van der Waals surface area contributed by atoms with Gasteiger partial charge in [-0.15, -0.1) is 11.3 Å². The van der Waals surface area contributed by atoms with Gasteiger partial charge in [0, 0.05) is 29.1 Å². The Morgan fingerprint density at radius 3 is 2.52 bits per heavy atom. The lowest BCUT2D eigenvalue weighted by Crippen LogP contribution is -2.23. The molecule has 3 N–H and O–H groups in total. The summed E-state index contributed by atoms with van der Waals surface area (Å²) < 4.78 is 1.24. The first-order chi connectivity index (χ1) is 14.0. The highest BCUT2D eigenvalue weighted by molar-refractivity contribution is 7.17. The van der Waals surface area contributed by atoms with Gasteiger partial charge in [-0.25, -0.2) is 0 Å². The number of rotatable bonds is 5. The average molecular weight is 403 g/mol. The first-order valence-corrected chi connectivity index (χ1v) is 9.78. The van der Waals surface area contributed by atoms with E-state index in [1.54, 1.807) is 11.3 Å². The quantitative estimate of drug-likeness (QED) is 0.279. The molecule has 0 atom stereocenters. The molecular formula is C22H17N3O3S. The lowest BCUT2D eigenvalue weighted by Gasteiger charge is -2.09. The van der Waals surface area contributed by atoms with Crippen molar-refractivity contribution in [3.05, 3.63) is 93.4 Å². The summed E-state index contributed by atoms with van der Waals surface area (Å²) in [5.41, 5.74) is 9.08. The summed E-state index contributed by atoms with van der Waals surface area (Å²) in [5, 5.41) is 17.0. The molecule has 0 aliphatic heterocycles. The summed E-state index contributed by atoms with van der Waals surface area (Å²) >= 11 is 1.71. The monoisotopic (exact) mass is 403 g/mol. The number of fused-ring (bicyclic) bond motifs is 1. The molecule has 0 saturated heterocycles. The molecule has 0 bridgehead atoms. The number of nitro benzene ring substituents is 1. The molecule has 6 nitrogen and oxygen atoms in total. The molecule has 4 aromatic rings. The van der Waals surface area contributed by atoms with Gasteiger partial charge >= 0.3 is 0 Å². The number of benzene rings is 3. The molecule has 0 fully saturated rings. The van der Waals surface area contributed by atoms with Gasteiger partial charge < -0.3 is 11.1 Å². The number of hydrogen-bond acceptors (Lipinski definition) is 5. The maximum absolute atomic E-state index is 12.4. The third-order valence-electron chi connectivity index (χ3n) is 4.69. The van der Waals surface area contributed by atoms with Crippen LogP contribution in [0, 0.1) is 10.1 Å². The normalized spacial score (nSPS) is 10.8. The number of nitrogens with zero attached hydrogens (tertiary/aromatic N) is 1. The first-order valence-electron chi connectivity index (χ1n) is 8.90. The van der Waals surface area contributed by atoms with Crippen LogP contribution in [-0.2, 0) is 6.54 Å². The predicted octanol–water partition coefficient (Wildman–Crippen LogP) is 4.99. The van der Waals surface area contributed by atoms with Crippen molar-refractivity contribution in [2.45, 2.75) is 6.54 Å². The molecule has 1 amide bonds. The van der Waals surface area contributed by atoms with Gasteiger partial charge in [-0.3, -0.25) is 14.9 Å². The van der Waals surface area contributed by atoms with Crippen molar-refractivity contribution in [1.82, 2.24) is 5.32 Å². The molecule has 7 heteroatoms. The van der Waals surface area contributed by atoms with Crippen molar-refractivity contribution in [3.63, 3.8) is 0 Å². The summed E-state index contributed by atoms with van der Waals surface area (Å²) in [4.78, 5) is 22.7. The van der Waals surface area contributed by atoms with Crippen LogP contribution in [0.25, 0.3) is 21.2 Å². The molecule has 0 aliphatic carbocycles. The van der Waals surface area contributed by atoms with E-state index in [9.17, 15) is 14.9 Å². The van der Waals surface area contributed by atoms with Gasteiger partial charge in [0.2, 0.25) is 0 Å². The van der Waals surface area contributed by atoms with E-state index >= 15 is 0 Å². The fraction of sp³-hybridized carbons (Fsp3) is 0.0455. The van der Waals surface area contributed by atoms with Crippen LogP contribution in [-0.4, -0.2) is 10.8 Å². The van der Waals surface area contributed by atoms with E-state index in [0.717, 1.165) is 16.7 Å². The number of hydrogen-bond donors (Lipinski definition) is 2. The van der Waals surface area contributed by atoms with Gasteiger partial charge in [0.05, 0.1) is 10.5 Å². The van der Waals surface area contributed by atoms with E-state index in [0.29, 0.717) is 6.54 Å². The zero-order valence-corrected chi connectivity index (χ0v) is 16.1. The second-order valence-electron chi connectivity index (χ2n) is 6.58.